The normalized spacial score (nSPS) is 9.75. The zero-order valence-electron chi connectivity index (χ0n) is 4.63. The van der Waals surface area contributed by atoms with Gasteiger partial charge in [-0.2, -0.15) is 0 Å². The van der Waals surface area contributed by atoms with Crippen molar-refractivity contribution in [2.75, 3.05) is 0 Å². The average molecular weight is 131 g/mol. The summed E-state index contributed by atoms with van der Waals surface area (Å²) >= 11 is 5.49. The van der Waals surface area contributed by atoms with Gasteiger partial charge in [0.2, 0.25) is 0 Å². The van der Waals surface area contributed by atoms with E-state index >= 15 is 0 Å². The van der Waals surface area contributed by atoms with Gasteiger partial charge in [0, 0.05) is 18.0 Å². The standard InChI is InChI=1S/C5H7ClN2/c1-2-5-3-8(6)4-7-5/h3-4H,2H2,1H3. The molecule has 0 aliphatic heterocycles. The molecule has 0 saturated carbocycles. The molecule has 0 aliphatic rings. The maximum atomic E-state index is 5.49. The summed E-state index contributed by atoms with van der Waals surface area (Å²) in [4.78, 5) is 3.97. The van der Waals surface area contributed by atoms with Crippen LogP contribution in [-0.4, -0.2) is 9.07 Å². The minimum absolute atomic E-state index is 0.944. The number of hydrogen-bond donors (Lipinski definition) is 0. The van der Waals surface area contributed by atoms with E-state index in [4.69, 9.17) is 11.8 Å². The second kappa shape index (κ2) is 2.18. The maximum absolute atomic E-state index is 5.49. The Kier molecular flexibility index (Phi) is 1.53. The summed E-state index contributed by atoms with van der Waals surface area (Å²) in [7, 11) is 0. The average Bonchev–Trinajstić information content (AvgIpc) is 2.14. The summed E-state index contributed by atoms with van der Waals surface area (Å²) in [5, 5.41) is 0. The summed E-state index contributed by atoms with van der Waals surface area (Å²) in [5.41, 5.74) is 1.03. The Hall–Kier alpha value is -0.500. The van der Waals surface area contributed by atoms with Crippen LogP contribution in [0.1, 0.15) is 12.6 Å². The summed E-state index contributed by atoms with van der Waals surface area (Å²) in [6.45, 7) is 2.04. The van der Waals surface area contributed by atoms with Gasteiger partial charge in [-0.3, -0.25) is 0 Å². The molecular weight excluding hydrogens is 124 g/mol. The van der Waals surface area contributed by atoms with E-state index in [2.05, 4.69) is 4.98 Å². The highest BCUT2D eigenvalue weighted by Crippen LogP contribution is 1.96. The molecule has 0 aromatic carbocycles. The minimum atomic E-state index is 0.944. The lowest BCUT2D eigenvalue weighted by Crippen LogP contribution is -1.74. The molecule has 1 heterocycles. The molecular formula is C5H7ClN2. The number of aryl methyl sites for hydroxylation is 1. The quantitative estimate of drug-likeness (QED) is 0.563. The second-order valence-corrected chi connectivity index (χ2v) is 1.95. The van der Waals surface area contributed by atoms with Gasteiger partial charge in [0.25, 0.3) is 0 Å². The Bertz CT molecular complexity index is 171. The maximum Gasteiger partial charge on any atom is 0.110 e. The van der Waals surface area contributed by atoms with Gasteiger partial charge in [-0.1, -0.05) is 6.92 Å². The molecule has 0 amide bonds. The summed E-state index contributed by atoms with van der Waals surface area (Å²) in [5.74, 6) is 0. The fourth-order valence-corrected chi connectivity index (χ4v) is 0.677. The molecule has 0 N–H and O–H groups in total. The number of halogens is 1. The van der Waals surface area contributed by atoms with Crippen LogP contribution in [0.2, 0.25) is 0 Å². The number of rotatable bonds is 1. The van der Waals surface area contributed by atoms with Crippen molar-refractivity contribution in [3.63, 3.8) is 0 Å². The van der Waals surface area contributed by atoms with Gasteiger partial charge in [-0.05, 0) is 6.42 Å². The number of imidazole rings is 1. The van der Waals surface area contributed by atoms with Gasteiger partial charge < -0.3 is 0 Å². The predicted octanol–water partition coefficient (Wildman–Crippen LogP) is 1.45. The molecule has 0 unspecified atom stereocenters. The van der Waals surface area contributed by atoms with Crippen LogP contribution in [0, 0.1) is 0 Å². The summed E-state index contributed by atoms with van der Waals surface area (Å²) in [6.07, 6.45) is 4.32. The van der Waals surface area contributed by atoms with Crippen LogP contribution in [-0.2, 0) is 6.42 Å². The van der Waals surface area contributed by atoms with Crippen molar-refractivity contribution in [2.45, 2.75) is 13.3 Å². The topological polar surface area (TPSA) is 17.8 Å². The van der Waals surface area contributed by atoms with Crippen LogP contribution < -0.4 is 0 Å². The smallest absolute Gasteiger partial charge is 0.110 e. The van der Waals surface area contributed by atoms with Gasteiger partial charge >= 0.3 is 0 Å². The van der Waals surface area contributed by atoms with E-state index < -0.39 is 0 Å². The third-order valence-corrected chi connectivity index (χ3v) is 1.15. The van der Waals surface area contributed by atoms with Gasteiger partial charge in [0.05, 0.1) is 5.69 Å². The second-order valence-electron chi connectivity index (χ2n) is 1.56. The SMILES string of the molecule is CCc1cn(Cl)cn1. The van der Waals surface area contributed by atoms with Gasteiger partial charge in [-0.25, -0.2) is 9.07 Å². The highest BCUT2D eigenvalue weighted by molar-refractivity contribution is 6.15. The molecule has 0 radical (unpaired) electrons. The van der Waals surface area contributed by atoms with Crippen LogP contribution in [0.4, 0.5) is 0 Å². The van der Waals surface area contributed by atoms with E-state index in [1.165, 1.54) is 4.09 Å². The lowest BCUT2D eigenvalue weighted by Gasteiger charge is -1.79. The highest BCUT2D eigenvalue weighted by atomic mass is 35.5. The molecule has 1 aromatic heterocycles. The lowest BCUT2D eigenvalue weighted by molar-refractivity contribution is 1.06. The van der Waals surface area contributed by atoms with Crippen molar-refractivity contribution < 1.29 is 0 Å². The van der Waals surface area contributed by atoms with Crippen molar-refractivity contribution in [2.24, 2.45) is 0 Å². The zero-order chi connectivity index (χ0) is 5.98. The Morgan fingerprint density at radius 3 is 2.88 bits per heavy atom. The van der Waals surface area contributed by atoms with E-state index in [-0.39, 0.29) is 0 Å². The van der Waals surface area contributed by atoms with Gasteiger partial charge in [0.15, 0.2) is 0 Å². The zero-order valence-corrected chi connectivity index (χ0v) is 5.39. The monoisotopic (exact) mass is 130 g/mol. The summed E-state index contributed by atoms with van der Waals surface area (Å²) < 4.78 is 1.43. The Balaban J connectivity index is 2.84. The fraction of sp³-hybridized carbons (Fsp3) is 0.400. The van der Waals surface area contributed by atoms with E-state index in [1.54, 1.807) is 12.5 Å². The summed E-state index contributed by atoms with van der Waals surface area (Å²) in [6, 6.07) is 0. The molecule has 0 aliphatic carbocycles. The molecule has 0 atom stereocenters. The first-order chi connectivity index (χ1) is 3.83. The largest absolute Gasteiger partial charge is 0.248 e. The first-order valence-corrected chi connectivity index (χ1v) is 2.85. The van der Waals surface area contributed by atoms with Crippen LogP contribution in [0.3, 0.4) is 0 Å². The van der Waals surface area contributed by atoms with Crippen molar-refractivity contribution in [3.05, 3.63) is 18.2 Å². The minimum Gasteiger partial charge on any atom is -0.248 e. The van der Waals surface area contributed by atoms with Gasteiger partial charge in [-0.15, -0.1) is 0 Å². The van der Waals surface area contributed by atoms with Crippen molar-refractivity contribution in [3.8, 4) is 0 Å². The van der Waals surface area contributed by atoms with Crippen LogP contribution in [0.25, 0.3) is 0 Å². The molecule has 8 heavy (non-hydrogen) atoms. The molecule has 0 bridgehead atoms. The van der Waals surface area contributed by atoms with Crippen molar-refractivity contribution >= 4 is 11.8 Å². The molecule has 0 fully saturated rings. The first kappa shape index (κ1) is 5.63. The van der Waals surface area contributed by atoms with E-state index in [1.807, 2.05) is 6.92 Å². The molecule has 0 saturated heterocycles. The van der Waals surface area contributed by atoms with Crippen LogP contribution in [0.5, 0.6) is 0 Å². The van der Waals surface area contributed by atoms with E-state index in [9.17, 15) is 0 Å². The number of aromatic nitrogens is 2. The van der Waals surface area contributed by atoms with E-state index in [0.29, 0.717) is 0 Å². The van der Waals surface area contributed by atoms with E-state index in [0.717, 1.165) is 12.1 Å². The Morgan fingerprint density at radius 2 is 2.62 bits per heavy atom. The molecule has 1 aromatic rings. The number of hydrogen-bond acceptors (Lipinski definition) is 1. The first-order valence-electron chi connectivity index (χ1n) is 2.52. The van der Waals surface area contributed by atoms with Crippen molar-refractivity contribution in [1.82, 2.24) is 9.07 Å². The van der Waals surface area contributed by atoms with Gasteiger partial charge in [0.1, 0.15) is 6.33 Å². The molecule has 0 spiro atoms. The molecule has 1 rings (SSSR count). The third-order valence-electron chi connectivity index (χ3n) is 0.968. The highest BCUT2D eigenvalue weighted by Gasteiger charge is 1.89. The Morgan fingerprint density at radius 1 is 1.88 bits per heavy atom. The van der Waals surface area contributed by atoms with Crippen LogP contribution in [0.15, 0.2) is 12.5 Å². The molecule has 2 nitrogen and oxygen atoms in total. The molecule has 44 valence electrons. The Labute approximate surface area is 53.2 Å². The predicted molar refractivity (Wildman–Crippen MR) is 32.9 cm³/mol. The molecule has 3 heteroatoms. The lowest BCUT2D eigenvalue weighted by atomic mass is 10.4. The fourth-order valence-electron chi connectivity index (χ4n) is 0.521. The third kappa shape index (κ3) is 1.01. The van der Waals surface area contributed by atoms with Crippen LogP contribution >= 0.6 is 11.8 Å². The van der Waals surface area contributed by atoms with Crippen molar-refractivity contribution in [1.29, 1.82) is 0 Å². The number of nitrogens with zero attached hydrogens (tertiary/aromatic N) is 2.